The summed E-state index contributed by atoms with van der Waals surface area (Å²) >= 11 is 5.76. The maximum absolute atomic E-state index is 5.76. The number of ether oxygens (including phenoxy) is 1. The molecule has 5 rings (SSSR count). The highest BCUT2D eigenvalue weighted by molar-refractivity contribution is 7.80. The van der Waals surface area contributed by atoms with E-state index in [1.54, 1.807) is 0 Å². The van der Waals surface area contributed by atoms with Gasteiger partial charge in [-0.3, -0.25) is 4.90 Å². The molecule has 3 aliphatic heterocycles. The van der Waals surface area contributed by atoms with Crippen molar-refractivity contribution in [3.8, 4) is 0 Å². The molecule has 0 radical (unpaired) electrons. The predicted molar refractivity (Wildman–Crippen MR) is 96.5 cm³/mol. The van der Waals surface area contributed by atoms with Crippen LogP contribution in [0.5, 0.6) is 0 Å². The molecule has 0 spiro atoms. The standard InChI is InChI=1S/C18H31N3OS/c23-18(19-2-1-3-20-4-6-22-7-5-20)21-13-16-9-14-8-15(10-16)12-17(21)11-14/h14-17H,1-13H2,(H,19,23). The van der Waals surface area contributed by atoms with Crippen molar-refractivity contribution in [2.75, 3.05) is 45.9 Å². The third-order valence-electron chi connectivity index (χ3n) is 6.40. The minimum absolute atomic E-state index is 0.727. The fourth-order valence-electron chi connectivity index (χ4n) is 5.46. The van der Waals surface area contributed by atoms with Crippen LogP contribution in [-0.2, 0) is 4.74 Å². The van der Waals surface area contributed by atoms with E-state index in [2.05, 4.69) is 15.1 Å². The van der Waals surface area contributed by atoms with Crippen molar-refractivity contribution >= 4 is 17.3 Å². The maximum atomic E-state index is 5.76. The second kappa shape index (κ2) is 7.24. The molecule has 0 aromatic carbocycles. The molecule has 5 aliphatic rings. The zero-order valence-electron chi connectivity index (χ0n) is 14.2. The van der Waals surface area contributed by atoms with Crippen LogP contribution in [0.2, 0.25) is 0 Å². The van der Waals surface area contributed by atoms with Gasteiger partial charge >= 0.3 is 0 Å². The van der Waals surface area contributed by atoms with Crippen molar-refractivity contribution in [2.45, 2.75) is 44.6 Å². The zero-order chi connectivity index (χ0) is 15.6. The highest BCUT2D eigenvalue weighted by Crippen LogP contribution is 2.47. The molecule has 5 heteroatoms. The van der Waals surface area contributed by atoms with Gasteiger partial charge in [0.25, 0.3) is 0 Å². The number of nitrogens with one attached hydrogen (secondary N) is 1. The summed E-state index contributed by atoms with van der Waals surface area (Å²) < 4.78 is 5.40. The highest BCUT2D eigenvalue weighted by atomic mass is 32.1. The topological polar surface area (TPSA) is 27.7 Å². The van der Waals surface area contributed by atoms with Crippen LogP contribution in [0.15, 0.2) is 0 Å². The Morgan fingerprint density at radius 3 is 2.43 bits per heavy atom. The number of nitrogens with zero attached hydrogens (tertiary/aromatic N) is 2. The molecule has 2 unspecified atom stereocenters. The molecule has 0 amide bonds. The average molecular weight is 338 g/mol. The lowest BCUT2D eigenvalue weighted by Gasteiger charge is -2.39. The van der Waals surface area contributed by atoms with Crippen LogP contribution < -0.4 is 5.32 Å². The summed E-state index contributed by atoms with van der Waals surface area (Å²) in [6, 6.07) is 0.727. The van der Waals surface area contributed by atoms with Crippen molar-refractivity contribution in [1.29, 1.82) is 0 Å². The lowest BCUT2D eigenvalue weighted by atomic mass is 9.68. The Morgan fingerprint density at radius 1 is 1.00 bits per heavy atom. The largest absolute Gasteiger partial charge is 0.379 e. The van der Waals surface area contributed by atoms with Gasteiger partial charge < -0.3 is 15.0 Å². The lowest BCUT2D eigenvalue weighted by molar-refractivity contribution is 0.0375. The quantitative estimate of drug-likeness (QED) is 0.626. The van der Waals surface area contributed by atoms with Gasteiger partial charge in [0.1, 0.15) is 0 Å². The first kappa shape index (κ1) is 16.1. The van der Waals surface area contributed by atoms with Crippen LogP contribution in [0.1, 0.15) is 38.5 Å². The van der Waals surface area contributed by atoms with Gasteiger partial charge in [0, 0.05) is 32.2 Å². The maximum Gasteiger partial charge on any atom is 0.169 e. The van der Waals surface area contributed by atoms with E-state index in [0.717, 1.165) is 68.3 Å². The Balaban J connectivity index is 1.23. The third-order valence-corrected chi connectivity index (χ3v) is 6.78. The van der Waals surface area contributed by atoms with Gasteiger partial charge in [-0.2, -0.15) is 0 Å². The molecule has 4 nitrogen and oxygen atoms in total. The Kier molecular flexibility index (Phi) is 5.07. The first-order valence-electron chi connectivity index (χ1n) is 9.62. The average Bonchev–Trinajstić information content (AvgIpc) is 2.76. The Labute approximate surface area is 145 Å². The minimum Gasteiger partial charge on any atom is -0.379 e. The number of fused-ring (bicyclic) bond motifs is 1. The van der Waals surface area contributed by atoms with E-state index in [9.17, 15) is 0 Å². The molecule has 4 bridgehead atoms. The molecule has 3 heterocycles. The van der Waals surface area contributed by atoms with Crippen LogP contribution in [-0.4, -0.2) is 66.9 Å². The van der Waals surface area contributed by atoms with E-state index in [1.807, 2.05) is 0 Å². The van der Waals surface area contributed by atoms with E-state index < -0.39 is 0 Å². The summed E-state index contributed by atoms with van der Waals surface area (Å²) in [6.07, 6.45) is 8.38. The van der Waals surface area contributed by atoms with Crippen molar-refractivity contribution in [2.24, 2.45) is 17.8 Å². The van der Waals surface area contributed by atoms with E-state index in [0.29, 0.717) is 0 Å². The molecule has 2 aliphatic carbocycles. The van der Waals surface area contributed by atoms with Crippen LogP contribution >= 0.6 is 12.2 Å². The summed E-state index contributed by atoms with van der Waals surface area (Å²) in [5.41, 5.74) is 0. The molecule has 2 saturated carbocycles. The SMILES string of the molecule is S=C(NCCCN1CCOCC1)N1CC2CC3CC(C2)CC1C3. The van der Waals surface area contributed by atoms with E-state index >= 15 is 0 Å². The molecule has 0 aromatic heterocycles. The van der Waals surface area contributed by atoms with Gasteiger partial charge in [-0.15, -0.1) is 0 Å². The first-order valence-corrected chi connectivity index (χ1v) is 10.0. The number of rotatable bonds is 4. The molecule has 2 atom stereocenters. The molecular formula is C18H31N3OS. The van der Waals surface area contributed by atoms with Crippen LogP contribution in [0, 0.1) is 17.8 Å². The van der Waals surface area contributed by atoms with Gasteiger partial charge in [0.15, 0.2) is 5.11 Å². The van der Waals surface area contributed by atoms with Gasteiger partial charge in [-0.05, 0) is 75.0 Å². The number of morpholine rings is 1. The van der Waals surface area contributed by atoms with Gasteiger partial charge in [0.2, 0.25) is 0 Å². The second-order valence-electron chi connectivity index (χ2n) is 8.12. The van der Waals surface area contributed by atoms with E-state index in [-0.39, 0.29) is 0 Å². The van der Waals surface area contributed by atoms with Crippen molar-refractivity contribution in [3.63, 3.8) is 0 Å². The van der Waals surface area contributed by atoms with E-state index in [1.165, 1.54) is 45.1 Å². The second-order valence-corrected chi connectivity index (χ2v) is 8.51. The van der Waals surface area contributed by atoms with Crippen LogP contribution in [0.4, 0.5) is 0 Å². The zero-order valence-corrected chi connectivity index (χ0v) is 15.0. The number of hydrogen-bond donors (Lipinski definition) is 1. The van der Waals surface area contributed by atoms with E-state index in [4.69, 9.17) is 17.0 Å². The van der Waals surface area contributed by atoms with Crippen molar-refractivity contribution < 1.29 is 4.74 Å². The minimum atomic E-state index is 0.727. The van der Waals surface area contributed by atoms with Crippen LogP contribution in [0.3, 0.4) is 0 Å². The summed E-state index contributed by atoms with van der Waals surface area (Å²) in [6.45, 7) is 7.35. The molecule has 3 saturated heterocycles. The molecular weight excluding hydrogens is 306 g/mol. The summed E-state index contributed by atoms with van der Waals surface area (Å²) in [7, 11) is 0. The smallest absolute Gasteiger partial charge is 0.169 e. The number of thiocarbonyl (C=S) groups is 1. The Morgan fingerprint density at radius 2 is 1.70 bits per heavy atom. The number of hydrogen-bond acceptors (Lipinski definition) is 3. The molecule has 0 aromatic rings. The predicted octanol–water partition coefficient (Wildman–Crippen LogP) is 2.09. The molecule has 130 valence electrons. The highest BCUT2D eigenvalue weighted by Gasteiger charge is 2.43. The Hall–Kier alpha value is -0.390. The fourth-order valence-corrected chi connectivity index (χ4v) is 5.78. The molecule has 5 fully saturated rings. The summed E-state index contributed by atoms with van der Waals surface area (Å²) in [5.74, 6) is 2.89. The first-order chi connectivity index (χ1) is 11.3. The van der Waals surface area contributed by atoms with Crippen molar-refractivity contribution in [3.05, 3.63) is 0 Å². The fraction of sp³-hybridized carbons (Fsp3) is 0.944. The van der Waals surface area contributed by atoms with Crippen LogP contribution in [0.25, 0.3) is 0 Å². The van der Waals surface area contributed by atoms with Crippen molar-refractivity contribution in [1.82, 2.24) is 15.1 Å². The summed E-state index contributed by atoms with van der Waals surface area (Å²) in [4.78, 5) is 5.06. The van der Waals surface area contributed by atoms with Gasteiger partial charge in [0.05, 0.1) is 13.2 Å². The van der Waals surface area contributed by atoms with Gasteiger partial charge in [-0.1, -0.05) is 0 Å². The molecule has 1 N–H and O–H groups in total. The third kappa shape index (κ3) is 3.83. The monoisotopic (exact) mass is 337 g/mol. The van der Waals surface area contributed by atoms with Gasteiger partial charge in [-0.25, -0.2) is 0 Å². The summed E-state index contributed by atoms with van der Waals surface area (Å²) in [5, 5.41) is 4.59. The molecule has 23 heavy (non-hydrogen) atoms. The Bertz CT molecular complexity index is 412. The lowest BCUT2D eigenvalue weighted by Crippen LogP contribution is -2.47. The normalized spacial score (nSPS) is 37.0.